The first-order chi connectivity index (χ1) is 9.90. The summed E-state index contributed by atoms with van der Waals surface area (Å²) >= 11 is 5.94. The van der Waals surface area contributed by atoms with Gasteiger partial charge in [-0.3, -0.25) is 14.9 Å². The second-order valence-corrected chi connectivity index (χ2v) is 5.70. The normalized spacial score (nSPS) is 18.3. The highest BCUT2D eigenvalue weighted by atomic mass is 35.5. The molecule has 0 N–H and O–H groups in total. The second kappa shape index (κ2) is 6.36. The van der Waals surface area contributed by atoms with Crippen molar-refractivity contribution in [2.24, 2.45) is 0 Å². The molecule has 2 heterocycles. The summed E-state index contributed by atoms with van der Waals surface area (Å²) in [6.45, 7) is 1.39. The highest BCUT2D eigenvalue weighted by molar-refractivity contribution is 6.32. The minimum Gasteiger partial charge on any atom is -0.334 e. The number of nitrogens with zero attached hydrogens (tertiary/aromatic N) is 4. The predicted octanol–water partition coefficient (Wildman–Crippen LogP) is 1.81. The summed E-state index contributed by atoms with van der Waals surface area (Å²) in [4.78, 5) is 30.3. The number of aromatic nitrogens is 1. The lowest BCUT2D eigenvalue weighted by Crippen LogP contribution is -2.41. The topological polar surface area (TPSA) is 79.6 Å². The summed E-state index contributed by atoms with van der Waals surface area (Å²) in [6.07, 6.45) is 2.90. The fourth-order valence-electron chi connectivity index (χ4n) is 2.56. The van der Waals surface area contributed by atoms with Crippen LogP contribution in [-0.2, 0) is 0 Å². The van der Waals surface area contributed by atoms with Crippen LogP contribution < -0.4 is 0 Å². The van der Waals surface area contributed by atoms with Crippen molar-refractivity contribution in [1.29, 1.82) is 0 Å². The van der Waals surface area contributed by atoms with E-state index in [1.165, 1.54) is 6.07 Å². The average Bonchev–Trinajstić information content (AvgIpc) is 2.85. The molecule has 1 aliphatic heterocycles. The first-order valence-electron chi connectivity index (χ1n) is 6.65. The average molecular weight is 313 g/mol. The number of hydrogen-bond donors (Lipinski definition) is 0. The van der Waals surface area contributed by atoms with E-state index in [0.29, 0.717) is 6.54 Å². The third-order valence-corrected chi connectivity index (χ3v) is 3.78. The molecule has 0 bridgehead atoms. The number of pyridine rings is 1. The van der Waals surface area contributed by atoms with Gasteiger partial charge in [-0.1, -0.05) is 11.6 Å². The molecule has 1 fully saturated rings. The summed E-state index contributed by atoms with van der Waals surface area (Å²) in [5, 5.41) is 10.8. The quantitative estimate of drug-likeness (QED) is 0.481. The molecule has 7 nitrogen and oxygen atoms in total. The molecule has 1 saturated heterocycles. The van der Waals surface area contributed by atoms with E-state index in [4.69, 9.17) is 11.6 Å². The number of carbonyl (C=O) groups is 1. The van der Waals surface area contributed by atoms with Crippen molar-refractivity contribution >= 4 is 23.2 Å². The molecule has 0 aromatic carbocycles. The molecule has 1 amide bonds. The number of likely N-dealkylation sites (N-methyl/N-ethyl adjacent to an activating group) is 1. The van der Waals surface area contributed by atoms with Gasteiger partial charge in [0.05, 0.1) is 10.5 Å². The molecule has 0 radical (unpaired) electrons. The molecule has 8 heteroatoms. The Morgan fingerprint density at radius 3 is 2.95 bits per heavy atom. The number of hydrogen-bond acceptors (Lipinski definition) is 5. The molecular weight excluding hydrogens is 296 g/mol. The zero-order valence-corrected chi connectivity index (χ0v) is 12.7. The monoisotopic (exact) mass is 312 g/mol. The summed E-state index contributed by atoms with van der Waals surface area (Å²) in [6, 6.07) is 1.30. The Morgan fingerprint density at radius 1 is 1.62 bits per heavy atom. The number of amides is 1. The lowest BCUT2D eigenvalue weighted by molar-refractivity contribution is -0.385. The Bertz CT molecular complexity index is 564. The number of likely N-dealkylation sites (tertiary alicyclic amines) is 1. The van der Waals surface area contributed by atoms with E-state index in [9.17, 15) is 14.9 Å². The minimum absolute atomic E-state index is 0.00102. The van der Waals surface area contributed by atoms with Gasteiger partial charge in [0.15, 0.2) is 0 Å². The molecule has 1 atom stereocenters. The Labute approximate surface area is 127 Å². The van der Waals surface area contributed by atoms with Crippen LogP contribution in [0.3, 0.4) is 0 Å². The zero-order chi connectivity index (χ0) is 15.6. The van der Waals surface area contributed by atoms with Gasteiger partial charge >= 0.3 is 0 Å². The van der Waals surface area contributed by atoms with Crippen LogP contribution in [0, 0.1) is 10.1 Å². The fourth-order valence-corrected chi connectivity index (χ4v) is 2.74. The van der Waals surface area contributed by atoms with Crippen molar-refractivity contribution in [1.82, 2.24) is 14.8 Å². The standard InChI is InChI=1S/C13H17ClN4O3/c1-16(2)8-9-4-3-5-17(9)13(19)11-6-10(18(20)21)7-15-12(11)14/h6-7,9H,3-5,8H2,1-2H3. The van der Waals surface area contributed by atoms with E-state index in [-0.39, 0.29) is 28.4 Å². The highest BCUT2D eigenvalue weighted by Gasteiger charge is 2.31. The van der Waals surface area contributed by atoms with Crippen molar-refractivity contribution in [3.05, 3.63) is 33.1 Å². The van der Waals surface area contributed by atoms with Gasteiger partial charge in [0.2, 0.25) is 0 Å². The Hall–Kier alpha value is -1.73. The largest absolute Gasteiger partial charge is 0.334 e. The first kappa shape index (κ1) is 15.7. The maximum absolute atomic E-state index is 12.6. The second-order valence-electron chi connectivity index (χ2n) is 5.35. The molecule has 0 spiro atoms. The molecule has 0 aliphatic carbocycles. The Morgan fingerprint density at radius 2 is 2.33 bits per heavy atom. The van der Waals surface area contributed by atoms with Crippen LogP contribution >= 0.6 is 11.6 Å². The van der Waals surface area contributed by atoms with Gasteiger partial charge in [0.25, 0.3) is 11.6 Å². The zero-order valence-electron chi connectivity index (χ0n) is 12.0. The van der Waals surface area contributed by atoms with Crippen LogP contribution in [0.5, 0.6) is 0 Å². The number of rotatable bonds is 4. The van der Waals surface area contributed by atoms with Gasteiger partial charge in [0.1, 0.15) is 11.3 Å². The Balaban J connectivity index is 2.26. The van der Waals surface area contributed by atoms with E-state index in [0.717, 1.165) is 25.6 Å². The SMILES string of the molecule is CN(C)CC1CCCN1C(=O)c1cc([N+](=O)[O-])cnc1Cl. The molecule has 1 aromatic rings. The van der Waals surface area contributed by atoms with E-state index in [2.05, 4.69) is 4.98 Å². The molecule has 1 aromatic heterocycles. The van der Waals surface area contributed by atoms with Gasteiger partial charge in [-0.2, -0.15) is 0 Å². The van der Waals surface area contributed by atoms with Crippen LogP contribution in [0.4, 0.5) is 5.69 Å². The van der Waals surface area contributed by atoms with Crippen molar-refractivity contribution in [3.63, 3.8) is 0 Å². The lowest BCUT2D eigenvalue weighted by atomic mass is 10.2. The third kappa shape index (κ3) is 3.48. The molecule has 21 heavy (non-hydrogen) atoms. The molecular formula is C13H17ClN4O3. The van der Waals surface area contributed by atoms with Crippen LogP contribution in [0.25, 0.3) is 0 Å². The first-order valence-corrected chi connectivity index (χ1v) is 7.03. The van der Waals surface area contributed by atoms with Gasteiger partial charge in [-0.15, -0.1) is 0 Å². The molecule has 2 rings (SSSR count). The number of nitro groups is 1. The smallest absolute Gasteiger partial charge is 0.288 e. The summed E-state index contributed by atoms with van der Waals surface area (Å²) in [7, 11) is 3.89. The fraction of sp³-hybridized carbons (Fsp3) is 0.538. The van der Waals surface area contributed by atoms with Crippen molar-refractivity contribution in [2.45, 2.75) is 18.9 Å². The minimum atomic E-state index is -0.582. The van der Waals surface area contributed by atoms with Crippen LogP contribution in [0.1, 0.15) is 23.2 Å². The predicted molar refractivity (Wildman–Crippen MR) is 78.5 cm³/mol. The maximum atomic E-state index is 12.6. The summed E-state index contributed by atoms with van der Waals surface area (Å²) in [5.74, 6) is -0.291. The number of carbonyl (C=O) groups excluding carboxylic acids is 1. The Kier molecular flexibility index (Phi) is 4.74. The van der Waals surface area contributed by atoms with E-state index >= 15 is 0 Å². The lowest BCUT2D eigenvalue weighted by Gasteiger charge is -2.27. The van der Waals surface area contributed by atoms with Crippen molar-refractivity contribution in [3.8, 4) is 0 Å². The van der Waals surface area contributed by atoms with Gasteiger partial charge in [0, 0.05) is 25.2 Å². The third-order valence-electron chi connectivity index (χ3n) is 3.48. The van der Waals surface area contributed by atoms with Crippen LogP contribution in [-0.4, -0.2) is 58.8 Å². The summed E-state index contributed by atoms with van der Waals surface area (Å²) < 4.78 is 0. The van der Waals surface area contributed by atoms with E-state index in [1.807, 2.05) is 19.0 Å². The molecule has 1 unspecified atom stereocenters. The van der Waals surface area contributed by atoms with Gasteiger partial charge in [-0.05, 0) is 26.9 Å². The van der Waals surface area contributed by atoms with Crippen LogP contribution in [0.2, 0.25) is 5.15 Å². The van der Waals surface area contributed by atoms with Crippen LogP contribution in [0.15, 0.2) is 12.3 Å². The maximum Gasteiger partial charge on any atom is 0.288 e. The van der Waals surface area contributed by atoms with E-state index < -0.39 is 4.92 Å². The van der Waals surface area contributed by atoms with E-state index in [1.54, 1.807) is 4.90 Å². The highest BCUT2D eigenvalue weighted by Crippen LogP contribution is 2.25. The van der Waals surface area contributed by atoms with Gasteiger partial charge < -0.3 is 9.80 Å². The van der Waals surface area contributed by atoms with Crippen molar-refractivity contribution < 1.29 is 9.72 Å². The molecule has 114 valence electrons. The van der Waals surface area contributed by atoms with Gasteiger partial charge in [-0.25, -0.2) is 4.98 Å². The number of halogens is 1. The summed E-state index contributed by atoms with van der Waals surface area (Å²) in [5.41, 5.74) is -0.136. The molecule has 0 saturated carbocycles. The molecule has 1 aliphatic rings. The van der Waals surface area contributed by atoms with Crippen molar-refractivity contribution in [2.75, 3.05) is 27.2 Å².